The molecule has 25 heavy (non-hydrogen) atoms. The first-order valence-electron chi connectivity index (χ1n) is 7.76. The lowest BCUT2D eigenvalue weighted by Crippen LogP contribution is -2.40. The average molecular weight is 338 g/mol. The van der Waals surface area contributed by atoms with E-state index in [-0.39, 0.29) is 18.1 Å². The van der Waals surface area contributed by atoms with Gasteiger partial charge in [0.15, 0.2) is 0 Å². The number of amides is 1. The van der Waals surface area contributed by atoms with E-state index < -0.39 is 11.2 Å². The van der Waals surface area contributed by atoms with Gasteiger partial charge in [0.1, 0.15) is 5.82 Å². The lowest BCUT2D eigenvalue weighted by molar-refractivity contribution is -0.119. The fourth-order valence-electron chi connectivity index (χ4n) is 2.65. The van der Waals surface area contributed by atoms with Gasteiger partial charge < -0.3 is 0 Å². The van der Waals surface area contributed by atoms with Gasteiger partial charge in [-0.05, 0) is 16.3 Å². The Morgan fingerprint density at radius 3 is 2.52 bits per heavy atom. The molecule has 7 heteroatoms. The maximum absolute atomic E-state index is 12.2. The van der Waals surface area contributed by atoms with Crippen LogP contribution in [0.5, 0.6) is 0 Å². The molecule has 0 atom stereocenters. The molecule has 1 amide bonds. The van der Waals surface area contributed by atoms with Crippen molar-refractivity contribution in [3.8, 4) is 0 Å². The Bertz CT molecular complexity index is 1060. The second-order valence-electron chi connectivity index (χ2n) is 5.76. The van der Waals surface area contributed by atoms with Crippen LogP contribution in [0, 0.1) is 0 Å². The van der Waals surface area contributed by atoms with Gasteiger partial charge in [-0.1, -0.05) is 42.5 Å². The Morgan fingerprint density at radius 1 is 1.00 bits per heavy atom. The summed E-state index contributed by atoms with van der Waals surface area (Å²) in [7, 11) is 2.91. The smallest absolute Gasteiger partial charge is 0.283 e. The van der Waals surface area contributed by atoms with Crippen LogP contribution in [0.1, 0.15) is 5.56 Å². The summed E-state index contributed by atoms with van der Waals surface area (Å²) in [6.07, 6.45) is 0.174. The van der Waals surface area contributed by atoms with Crippen LogP contribution in [0.15, 0.2) is 58.1 Å². The van der Waals surface area contributed by atoms with Crippen LogP contribution in [-0.4, -0.2) is 15.0 Å². The molecule has 7 nitrogen and oxygen atoms in total. The number of nitrogens with zero attached hydrogens (tertiary/aromatic N) is 2. The van der Waals surface area contributed by atoms with Crippen molar-refractivity contribution in [2.75, 3.05) is 5.43 Å². The van der Waals surface area contributed by atoms with Crippen molar-refractivity contribution >= 4 is 22.5 Å². The number of hydrogen-bond acceptors (Lipinski definition) is 4. The van der Waals surface area contributed by atoms with Crippen LogP contribution in [-0.2, 0) is 25.3 Å². The second-order valence-corrected chi connectivity index (χ2v) is 5.76. The fraction of sp³-hybridized carbons (Fsp3) is 0.167. The number of aromatic nitrogens is 2. The quantitative estimate of drug-likeness (QED) is 0.693. The molecule has 2 aromatic carbocycles. The molecule has 0 unspecified atom stereocenters. The van der Waals surface area contributed by atoms with Crippen molar-refractivity contribution in [2.45, 2.75) is 6.42 Å². The molecule has 0 saturated heterocycles. The topological polar surface area (TPSA) is 85.1 Å². The van der Waals surface area contributed by atoms with Gasteiger partial charge in [0.25, 0.3) is 5.56 Å². The van der Waals surface area contributed by atoms with E-state index in [9.17, 15) is 14.4 Å². The summed E-state index contributed by atoms with van der Waals surface area (Å²) < 4.78 is 2.24. The predicted octanol–water partition coefficient (Wildman–Crippen LogP) is 0.923. The molecule has 1 aromatic heterocycles. The van der Waals surface area contributed by atoms with Crippen LogP contribution in [0.3, 0.4) is 0 Å². The summed E-state index contributed by atoms with van der Waals surface area (Å²) >= 11 is 0. The minimum Gasteiger partial charge on any atom is -0.283 e. The highest BCUT2D eigenvalue weighted by Crippen LogP contribution is 2.18. The minimum atomic E-state index is -0.474. The summed E-state index contributed by atoms with van der Waals surface area (Å²) in [5.41, 5.74) is 5.14. The highest BCUT2D eigenvalue weighted by molar-refractivity contribution is 5.90. The normalized spacial score (nSPS) is 10.6. The monoisotopic (exact) mass is 338 g/mol. The number of fused-ring (bicyclic) bond motifs is 1. The minimum absolute atomic E-state index is 0.174. The van der Waals surface area contributed by atoms with Gasteiger partial charge in [-0.3, -0.25) is 29.6 Å². The average Bonchev–Trinajstić information content (AvgIpc) is 2.62. The van der Waals surface area contributed by atoms with Gasteiger partial charge in [-0.15, -0.1) is 0 Å². The molecule has 0 saturated carbocycles. The van der Waals surface area contributed by atoms with Crippen molar-refractivity contribution < 1.29 is 4.79 Å². The molecule has 0 bridgehead atoms. The first-order valence-corrected chi connectivity index (χ1v) is 7.76. The van der Waals surface area contributed by atoms with E-state index in [4.69, 9.17) is 0 Å². The number of rotatable bonds is 4. The number of hydrazine groups is 1. The van der Waals surface area contributed by atoms with Gasteiger partial charge in [0, 0.05) is 20.2 Å². The molecular formula is C18H18N4O3. The first kappa shape index (κ1) is 16.5. The van der Waals surface area contributed by atoms with Crippen molar-refractivity contribution in [3.05, 3.63) is 74.9 Å². The molecule has 0 aliphatic rings. The number of anilines is 1. The summed E-state index contributed by atoms with van der Waals surface area (Å²) in [6, 6.07) is 14.9. The maximum Gasteiger partial charge on any atom is 0.332 e. The number of hydrogen-bond donors (Lipinski definition) is 2. The van der Waals surface area contributed by atoms with Gasteiger partial charge in [-0.2, -0.15) is 0 Å². The molecule has 0 fully saturated rings. The highest BCUT2D eigenvalue weighted by atomic mass is 16.2. The first-order chi connectivity index (χ1) is 12.0. The van der Waals surface area contributed by atoms with E-state index in [1.54, 1.807) is 0 Å². The molecule has 0 aliphatic heterocycles. The highest BCUT2D eigenvalue weighted by Gasteiger charge is 2.09. The number of nitrogens with one attached hydrogen (secondary N) is 2. The van der Waals surface area contributed by atoms with Crippen LogP contribution >= 0.6 is 0 Å². The van der Waals surface area contributed by atoms with E-state index in [1.807, 2.05) is 42.5 Å². The molecule has 1 heterocycles. The van der Waals surface area contributed by atoms with Crippen LogP contribution in [0.2, 0.25) is 0 Å². The van der Waals surface area contributed by atoms with E-state index in [2.05, 4.69) is 10.9 Å². The Hall–Kier alpha value is -3.35. The SMILES string of the molecule is Cn1c(NNC(=O)Cc2cccc3ccccc23)cc(=O)n(C)c1=O. The van der Waals surface area contributed by atoms with Crippen LogP contribution < -0.4 is 22.1 Å². The Labute approximate surface area is 143 Å². The maximum atomic E-state index is 12.2. The number of carbonyl (C=O) groups excluding carboxylic acids is 1. The van der Waals surface area contributed by atoms with Gasteiger partial charge in [0.05, 0.1) is 6.42 Å². The predicted molar refractivity (Wildman–Crippen MR) is 96.3 cm³/mol. The zero-order valence-electron chi connectivity index (χ0n) is 13.9. The Kier molecular flexibility index (Phi) is 4.38. The van der Waals surface area contributed by atoms with Crippen molar-refractivity contribution in [1.82, 2.24) is 14.6 Å². The largest absolute Gasteiger partial charge is 0.332 e. The lowest BCUT2D eigenvalue weighted by Gasteiger charge is -2.13. The zero-order valence-corrected chi connectivity index (χ0v) is 13.9. The van der Waals surface area contributed by atoms with Gasteiger partial charge in [0.2, 0.25) is 5.91 Å². The van der Waals surface area contributed by atoms with Crippen molar-refractivity contribution in [1.29, 1.82) is 0 Å². The van der Waals surface area contributed by atoms with E-state index >= 15 is 0 Å². The molecule has 0 spiro atoms. The third-order valence-corrected chi connectivity index (χ3v) is 4.09. The molecule has 3 aromatic rings. The summed E-state index contributed by atoms with van der Waals surface area (Å²) in [4.78, 5) is 35.8. The van der Waals surface area contributed by atoms with Crippen molar-refractivity contribution in [3.63, 3.8) is 0 Å². The van der Waals surface area contributed by atoms with Crippen LogP contribution in [0.25, 0.3) is 10.8 Å². The van der Waals surface area contributed by atoms with Crippen molar-refractivity contribution in [2.24, 2.45) is 14.1 Å². The Balaban J connectivity index is 1.76. The van der Waals surface area contributed by atoms with Gasteiger partial charge >= 0.3 is 5.69 Å². The molecule has 0 aliphatic carbocycles. The zero-order chi connectivity index (χ0) is 18.0. The Morgan fingerprint density at radius 2 is 1.72 bits per heavy atom. The molecule has 128 valence electrons. The lowest BCUT2D eigenvalue weighted by atomic mass is 10.0. The third kappa shape index (κ3) is 3.30. The summed E-state index contributed by atoms with van der Waals surface area (Å²) in [5, 5.41) is 2.08. The molecule has 2 N–H and O–H groups in total. The third-order valence-electron chi connectivity index (χ3n) is 4.09. The fourth-order valence-corrected chi connectivity index (χ4v) is 2.65. The summed E-state index contributed by atoms with van der Waals surface area (Å²) in [5.74, 6) is -0.0520. The van der Waals surface area contributed by atoms with Crippen LogP contribution in [0.4, 0.5) is 5.82 Å². The standard InChI is InChI=1S/C18H18N4O3/c1-21-15(11-17(24)22(2)18(21)25)19-20-16(23)10-13-8-5-7-12-6-3-4-9-14(12)13/h3-9,11,19H,10H2,1-2H3,(H,20,23). The second kappa shape index (κ2) is 6.64. The molecular weight excluding hydrogens is 320 g/mol. The van der Waals surface area contributed by atoms with E-state index in [1.165, 1.54) is 24.7 Å². The number of carbonyl (C=O) groups is 1. The van der Waals surface area contributed by atoms with E-state index in [0.717, 1.165) is 20.9 Å². The summed E-state index contributed by atoms with van der Waals surface area (Å²) in [6.45, 7) is 0. The van der Waals surface area contributed by atoms with Gasteiger partial charge in [-0.25, -0.2) is 4.79 Å². The number of benzene rings is 2. The molecule has 3 rings (SSSR count). The van der Waals surface area contributed by atoms with E-state index in [0.29, 0.717) is 0 Å². The molecule has 0 radical (unpaired) electrons.